The second-order valence-corrected chi connectivity index (χ2v) is 5.29. The maximum Gasteiger partial charge on any atom is 0.0122 e. The Morgan fingerprint density at radius 1 is 0.800 bits per heavy atom. The van der Waals surface area contributed by atoms with Crippen molar-refractivity contribution in [2.75, 3.05) is 6.54 Å². The van der Waals surface area contributed by atoms with Gasteiger partial charge in [-0.15, -0.1) is 0 Å². The van der Waals surface area contributed by atoms with Gasteiger partial charge in [0.25, 0.3) is 0 Å². The summed E-state index contributed by atoms with van der Waals surface area (Å²) in [6, 6.07) is 0. The number of rotatable bonds is 10. The van der Waals surface area contributed by atoms with E-state index in [0.717, 1.165) is 0 Å². The molecule has 92 valence electrons. The van der Waals surface area contributed by atoms with E-state index in [1.165, 1.54) is 57.9 Å². The number of hydrogen-bond donors (Lipinski definition) is 1. The average Bonchev–Trinajstić information content (AvgIpc) is 2.22. The van der Waals surface area contributed by atoms with Gasteiger partial charge in [0.15, 0.2) is 0 Å². The first-order chi connectivity index (χ1) is 7.12. The Balaban J connectivity index is 3.11. The molecule has 0 heterocycles. The van der Waals surface area contributed by atoms with E-state index < -0.39 is 0 Å². The molecule has 0 atom stereocenters. The van der Waals surface area contributed by atoms with Crippen LogP contribution in [0.2, 0.25) is 0 Å². The van der Waals surface area contributed by atoms with Crippen LogP contribution in [0.15, 0.2) is 0 Å². The van der Waals surface area contributed by atoms with E-state index >= 15 is 0 Å². The zero-order valence-electron chi connectivity index (χ0n) is 11.4. The van der Waals surface area contributed by atoms with Gasteiger partial charge in [-0.05, 0) is 33.2 Å². The normalized spacial score (nSPS) is 12.0. The third kappa shape index (κ3) is 10.2. The molecule has 0 spiro atoms. The fourth-order valence-electron chi connectivity index (χ4n) is 1.63. The highest BCUT2D eigenvalue weighted by molar-refractivity contribution is 4.74. The van der Waals surface area contributed by atoms with Gasteiger partial charge >= 0.3 is 0 Å². The van der Waals surface area contributed by atoms with Crippen LogP contribution in [0, 0.1) is 0 Å². The molecule has 0 amide bonds. The Kier molecular flexibility index (Phi) is 9.18. The van der Waals surface area contributed by atoms with E-state index in [4.69, 9.17) is 0 Å². The molecule has 15 heavy (non-hydrogen) atoms. The van der Waals surface area contributed by atoms with Crippen LogP contribution in [0.3, 0.4) is 0 Å². The fraction of sp³-hybridized carbons (Fsp3) is 1.00. The topological polar surface area (TPSA) is 12.0 Å². The Hall–Kier alpha value is -0.0400. The van der Waals surface area contributed by atoms with Crippen molar-refractivity contribution in [1.82, 2.24) is 5.32 Å². The summed E-state index contributed by atoms with van der Waals surface area (Å²) < 4.78 is 0. The summed E-state index contributed by atoms with van der Waals surface area (Å²) in [4.78, 5) is 0. The molecule has 0 aromatic carbocycles. The number of nitrogens with one attached hydrogen (secondary N) is 1. The van der Waals surface area contributed by atoms with Crippen LogP contribution in [-0.2, 0) is 0 Å². The van der Waals surface area contributed by atoms with Gasteiger partial charge < -0.3 is 5.32 Å². The predicted octanol–water partition coefficient (Wildman–Crippen LogP) is 4.52. The van der Waals surface area contributed by atoms with Crippen molar-refractivity contribution in [2.45, 2.75) is 84.6 Å². The standard InChI is InChI=1S/C14H31N/c1-5-7-8-9-10-11-12-13-15-14(3,4)6-2/h15H,5-13H2,1-4H3. The first-order valence-electron chi connectivity index (χ1n) is 6.87. The molecule has 0 aromatic heterocycles. The van der Waals surface area contributed by atoms with Gasteiger partial charge in [-0.3, -0.25) is 0 Å². The summed E-state index contributed by atoms with van der Waals surface area (Å²) >= 11 is 0. The second kappa shape index (κ2) is 9.21. The molecule has 1 N–H and O–H groups in total. The first kappa shape index (κ1) is 15.0. The highest BCUT2D eigenvalue weighted by Gasteiger charge is 2.12. The minimum atomic E-state index is 0.336. The lowest BCUT2D eigenvalue weighted by Crippen LogP contribution is -2.38. The molecular formula is C14H31N. The lowest BCUT2D eigenvalue weighted by atomic mass is 10.0. The molecule has 0 aliphatic carbocycles. The van der Waals surface area contributed by atoms with Gasteiger partial charge in [0.05, 0.1) is 0 Å². The minimum absolute atomic E-state index is 0.336. The molecule has 0 rings (SSSR count). The van der Waals surface area contributed by atoms with Crippen molar-refractivity contribution in [1.29, 1.82) is 0 Å². The van der Waals surface area contributed by atoms with Crippen LogP contribution in [0.5, 0.6) is 0 Å². The average molecular weight is 213 g/mol. The SMILES string of the molecule is CCCCCCCCCNC(C)(C)CC. The summed E-state index contributed by atoms with van der Waals surface area (Å²) in [5.74, 6) is 0. The third-order valence-corrected chi connectivity index (χ3v) is 3.27. The number of hydrogen-bond acceptors (Lipinski definition) is 1. The lowest BCUT2D eigenvalue weighted by Gasteiger charge is -2.24. The minimum Gasteiger partial charge on any atom is -0.312 e. The second-order valence-electron chi connectivity index (χ2n) is 5.29. The molecule has 0 fully saturated rings. The van der Waals surface area contributed by atoms with Crippen molar-refractivity contribution >= 4 is 0 Å². The van der Waals surface area contributed by atoms with Gasteiger partial charge in [0.1, 0.15) is 0 Å². The Labute approximate surface area is 97.0 Å². The molecular weight excluding hydrogens is 182 g/mol. The lowest BCUT2D eigenvalue weighted by molar-refractivity contribution is 0.370. The van der Waals surface area contributed by atoms with Crippen molar-refractivity contribution in [2.24, 2.45) is 0 Å². The Morgan fingerprint density at radius 2 is 1.33 bits per heavy atom. The Morgan fingerprint density at radius 3 is 1.87 bits per heavy atom. The van der Waals surface area contributed by atoms with Gasteiger partial charge in [-0.1, -0.05) is 52.4 Å². The molecule has 0 saturated heterocycles. The third-order valence-electron chi connectivity index (χ3n) is 3.27. The van der Waals surface area contributed by atoms with Crippen LogP contribution in [0.4, 0.5) is 0 Å². The summed E-state index contributed by atoms with van der Waals surface area (Å²) in [6.07, 6.45) is 11.0. The fourth-order valence-corrected chi connectivity index (χ4v) is 1.63. The molecule has 0 aliphatic rings. The first-order valence-corrected chi connectivity index (χ1v) is 6.87. The molecule has 0 saturated carbocycles. The highest BCUT2D eigenvalue weighted by Crippen LogP contribution is 2.09. The van der Waals surface area contributed by atoms with E-state index in [0.29, 0.717) is 5.54 Å². The van der Waals surface area contributed by atoms with Gasteiger partial charge in [-0.25, -0.2) is 0 Å². The maximum absolute atomic E-state index is 3.61. The van der Waals surface area contributed by atoms with Gasteiger partial charge in [0, 0.05) is 5.54 Å². The monoisotopic (exact) mass is 213 g/mol. The smallest absolute Gasteiger partial charge is 0.0122 e. The van der Waals surface area contributed by atoms with Crippen molar-refractivity contribution < 1.29 is 0 Å². The van der Waals surface area contributed by atoms with Crippen LogP contribution < -0.4 is 5.32 Å². The van der Waals surface area contributed by atoms with Gasteiger partial charge in [0.2, 0.25) is 0 Å². The summed E-state index contributed by atoms with van der Waals surface area (Å²) in [6.45, 7) is 10.3. The molecule has 0 unspecified atom stereocenters. The van der Waals surface area contributed by atoms with Crippen molar-refractivity contribution in [3.05, 3.63) is 0 Å². The molecule has 0 bridgehead atoms. The van der Waals surface area contributed by atoms with E-state index in [-0.39, 0.29) is 0 Å². The zero-order valence-corrected chi connectivity index (χ0v) is 11.4. The van der Waals surface area contributed by atoms with Gasteiger partial charge in [-0.2, -0.15) is 0 Å². The van der Waals surface area contributed by atoms with Crippen LogP contribution in [0.25, 0.3) is 0 Å². The Bertz CT molecular complexity index is 129. The zero-order chi connectivity index (χ0) is 11.6. The molecule has 1 heteroatoms. The summed E-state index contributed by atoms with van der Waals surface area (Å²) in [7, 11) is 0. The van der Waals surface area contributed by atoms with Crippen LogP contribution in [-0.4, -0.2) is 12.1 Å². The maximum atomic E-state index is 3.61. The summed E-state index contributed by atoms with van der Waals surface area (Å²) in [5, 5.41) is 3.61. The largest absolute Gasteiger partial charge is 0.312 e. The van der Waals surface area contributed by atoms with E-state index in [1.54, 1.807) is 0 Å². The van der Waals surface area contributed by atoms with E-state index in [2.05, 4.69) is 33.0 Å². The quantitative estimate of drug-likeness (QED) is 0.526. The summed E-state index contributed by atoms with van der Waals surface area (Å²) in [5.41, 5.74) is 0.336. The number of unbranched alkanes of at least 4 members (excludes halogenated alkanes) is 6. The molecule has 0 aliphatic heterocycles. The molecule has 0 radical (unpaired) electrons. The van der Waals surface area contributed by atoms with Crippen molar-refractivity contribution in [3.8, 4) is 0 Å². The van der Waals surface area contributed by atoms with Crippen LogP contribution in [0.1, 0.15) is 79.1 Å². The molecule has 0 aromatic rings. The van der Waals surface area contributed by atoms with Crippen molar-refractivity contribution in [3.63, 3.8) is 0 Å². The predicted molar refractivity (Wildman–Crippen MR) is 70.4 cm³/mol. The van der Waals surface area contributed by atoms with Crippen LogP contribution >= 0.6 is 0 Å². The molecule has 1 nitrogen and oxygen atoms in total. The van der Waals surface area contributed by atoms with E-state index in [1.807, 2.05) is 0 Å². The van der Waals surface area contributed by atoms with E-state index in [9.17, 15) is 0 Å². The highest BCUT2D eigenvalue weighted by atomic mass is 14.9.